The second-order valence-corrected chi connectivity index (χ2v) is 17.9. The highest BCUT2D eigenvalue weighted by Gasteiger charge is 2.38. The van der Waals surface area contributed by atoms with Gasteiger partial charge in [-0.3, -0.25) is 0 Å². The maximum absolute atomic E-state index is 14.1. The quantitative estimate of drug-likeness (QED) is 0.361. The van der Waals surface area contributed by atoms with E-state index in [1.807, 2.05) is 0 Å². The van der Waals surface area contributed by atoms with Crippen LogP contribution in [0.25, 0.3) is 0 Å². The summed E-state index contributed by atoms with van der Waals surface area (Å²) in [5.74, 6) is -1.52. The first-order valence-corrected chi connectivity index (χ1v) is 19.8. The molecule has 0 aliphatic carbocycles. The Morgan fingerprint density at radius 1 is 0.810 bits per heavy atom. The van der Waals surface area contributed by atoms with Gasteiger partial charge in [-0.25, -0.2) is 34.0 Å². The van der Waals surface area contributed by atoms with Crippen molar-refractivity contribution in [2.24, 2.45) is 5.92 Å². The Morgan fingerprint density at radius 3 is 2.00 bits per heavy atom. The van der Waals surface area contributed by atoms with E-state index in [9.17, 15) is 34.0 Å². The Labute approximate surface area is 249 Å². The van der Waals surface area contributed by atoms with Crippen LogP contribution in [0, 0.1) is 17.6 Å². The van der Waals surface area contributed by atoms with Crippen molar-refractivity contribution in [1.82, 2.24) is 9.21 Å². The van der Waals surface area contributed by atoms with Gasteiger partial charge in [0.15, 0.2) is 19.7 Å². The van der Waals surface area contributed by atoms with Crippen molar-refractivity contribution in [3.63, 3.8) is 0 Å². The van der Waals surface area contributed by atoms with Gasteiger partial charge >= 0.3 is 0 Å². The lowest BCUT2D eigenvalue weighted by Gasteiger charge is -2.35. The minimum atomic E-state index is -3.60. The molecular weight excluding hydrogens is 607 g/mol. The van der Waals surface area contributed by atoms with E-state index >= 15 is 0 Å². The van der Waals surface area contributed by atoms with Crippen LogP contribution in [0.15, 0.2) is 47.4 Å². The number of hydrogen-bond donors (Lipinski definition) is 0. The number of rotatable bonds is 11. The van der Waals surface area contributed by atoms with Gasteiger partial charge in [-0.05, 0) is 106 Å². The normalized spacial score (nSPS) is 20.9. The summed E-state index contributed by atoms with van der Waals surface area (Å²) in [5, 5.41) is -0.975. The molecule has 0 saturated carbocycles. The van der Waals surface area contributed by atoms with Crippen molar-refractivity contribution in [2.75, 3.05) is 44.4 Å². The standard InChI is InChI=1S/C29H40F2N2O6S3/c1-40(34,35)27-8-6-23(7-9-27)28(24-19-25(30)21-26(31)20-24)12-17-32-15-10-22(11-16-32)13-18-42(38,39)29-5-3-4-14-33(29)41(2,36)37/h6-9,19-22,28-29H,3-5,10-18H2,1-2H3/t28-,29?/m1/s1. The van der Waals surface area contributed by atoms with E-state index in [-0.39, 0.29) is 29.0 Å². The van der Waals surface area contributed by atoms with Gasteiger partial charge in [0.25, 0.3) is 0 Å². The van der Waals surface area contributed by atoms with Gasteiger partial charge in [0, 0.05) is 24.8 Å². The molecule has 2 aliphatic rings. The smallest absolute Gasteiger partial charge is 0.212 e. The number of halogens is 2. The summed E-state index contributed by atoms with van der Waals surface area (Å²) in [5.41, 5.74) is 1.24. The monoisotopic (exact) mass is 646 g/mol. The Balaban J connectivity index is 1.36. The van der Waals surface area contributed by atoms with E-state index in [1.165, 1.54) is 24.3 Å². The fourth-order valence-corrected chi connectivity index (χ4v) is 10.5. The second kappa shape index (κ2) is 13.4. The molecule has 0 spiro atoms. The number of hydrogen-bond acceptors (Lipinski definition) is 7. The zero-order valence-electron chi connectivity index (χ0n) is 24.1. The van der Waals surface area contributed by atoms with Gasteiger partial charge in [-0.1, -0.05) is 12.1 Å². The fourth-order valence-electron chi connectivity index (χ4n) is 6.14. The summed E-state index contributed by atoms with van der Waals surface area (Å²) < 4.78 is 104. The Morgan fingerprint density at radius 2 is 1.43 bits per heavy atom. The fraction of sp³-hybridized carbons (Fsp3) is 0.586. The topological polar surface area (TPSA) is 109 Å². The van der Waals surface area contributed by atoms with Crippen LogP contribution in [0.4, 0.5) is 8.78 Å². The lowest BCUT2D eigenvalue weighted by atomic mass is 9.87. The van der Waals surface area contributed by atoms with E-state index in [1.54, 1.807) is 12.1 Å². The molecule has 2 saturated heterocycles. The van der Waals surface area contributed by atoms with Crippen molar-refractivity contribution in [2.45, 2.75) is 61.1 Å². The van der Waals surface area contributed by atoms with Crippen molar-refractivity contribution < 1.29 is 34.0 Å². The lowest BCUT2D eigenvalue weighted by molar-refractivity contribution is 0.178. The summed E-state index contributed by atoms with van der Waals surface area (Å²) in [6.45, 7) is 2.39. The number of benzene rings is 2. The molecule has 2 atom stereocenters. The van der Waals surface area contributed by atoms with E-state index in [2.05, 4.69) is 4.90 Å². The van der Waals surface area contributed by atoms with Crippen molar-refractivity contribution in [3.05, 3.63) is 65.2 Å². The molecule has 234 valence electrons. The minimum absolute atomic E-state index is 0.0367. The molecule has 2 aromatic carbocycles. The van der Waals surface area contributed by atoms with Crippen LogP contribution in [0.5, 0.6) is 0 Å². The van der Waals surface area contributed by atoms with Crippen LogP contribution in [-0.2, 0) is 29.7 Å². The van der Waals surface area contributed by atoms with E-state index in [4.69, 9.17) is 0 Å². The summed E-state index contributed by atoms with van der Waals surface area (Å²) in [6, 6.07) is 9.83. The SMILES string of the molecule is CS(=O)(=O)c1ccc([C@@H](CCN2CCC(CCS(=O)(=O)C3CCCCN3S(C)(=O)=O)CC2)c2cc(F)cc(F)c2)cc1. The highest BCUT2D eigenvalue weighted by Crippen LogP contribution is 2.32. The van der Waals surface area contributed by atoms with E-state index in [0.29, 0.717) is 44.2 Å². The number of piperidine rings is 2. The van der Waals surface area contributed by atoms with Gasteiger partial charge in [-0.15, -0.1) is 0 Å². The molecule has 2 aromatic rings. The highest BCUT2D eigenvalue weighted by molar-refractivity contribution is 7.94. The van der Waals surface area contributed by atoms with Gasteiger partial charge in [0.05, 0.1) is 16.9 Å². The number of nitrogens with zero attached hydrogens (tertiary/aromatic N) is 2. The number of likely N-dealkylation sites (tertiary alicyclic amines) is 1. The molecule has 0 amide bonds. The lowest BCUT2D eigenvalue weighted by Crippen LogP contribution is -2.48. The first-order valence-electron chi connectivity index (χ1n) is 14.3. The number of sulfonamides is 1. The summed E-state index contributed by atoms with van der Waals surface area (Å²) in [6.07, 6.45) is 6.54. The zero-order chi connectivity index (χ0) is 30.7. The maximum atomic E-state index is 14.1. The molecule has 13 heteroatoms. The average Bonchev–Trinajstić information content (AvgIpc) is 2.91. The minimum Gasteiger partial charge on any atom is -0.303 e. The van der Waals surface area contributed by atoms with Gasteiger partial charge in [-0.2, -0.15) is 4.31 Å². The molecule has 2 fully saturated rings. The first-order chi connectivity index (χ1) is 19.6. The number of sulfone groups is 2. The van der Waals surface area contributed by atoms with Crippen LogP contribution >= 0.6 is 0 Å². The van der Waals surface area contributed by atoms with Crippen LogP contribution in [0.3, 0.4) is 0 Å². The highest BCUT2D eigenvalue weighted by atomic mass is 32.2. The third kappa shape index (κ3) is 8.58. The van der Waals surface area contributed by atoms with Gasteiger partial charge < -0.3 is 4.90 Å². The summed E-state index contributed by atoms with van der Waals surface area (Å²) in [4.78, 5) is 2.43. The summed E-state index contributed by atoms with van der Waals surface area (Å²) in [7, 11) is -10.6. The maximum Gasteiger partial charge on any atom is 0.212 e. The van der Waals surface area contributed by atoms with Gasteiger partial charge in [0.1, 0.15) is 17.0 Å². The molecule has 4 rings (SSSR count). The predicted octanol–water partition coefficient (Wildman–Crippen LogP) is 4.18. The largest absolute Gasteiger partial charge is 0.303 e. The van der Waals surface area contributed by atoms with Crippen molar-refractivity contribution >= 4 is 29.7 Å². The zero-order valence-corrected chi connectivity index (χ0v) is 26.5. The van der Waals surface area contributed by atoms with E-state index in [0.717, 1.165) is 54.4 Å². The molecule has 8 nitrogen and oxygen atoms in total. The van der Waals surface area contributed by atoms with Crippen LogP contribution in [-0.4, -0.2) is 84.3 Å². The molecule has 42 heavy (non-hydrogen) atoms. The first kappa shape index (κ1) is 33.0. The van der Waals surface area contributed by atoms with Gasteiger partial charge in [0.2, 0.25) is 10.0 Å². The molecule has 1 unspecified atom stereocenters. The molecule has 0 bridgehead atoms. The Bertz CT molecular complexity index is 1540. The molecular formula is C29H40F2N2O6S3. The molecule has 2 aliphatic heterocycles. The Hall–Kier alpha value is -1.93. The second-order valence-electron chi connectivity index (χ2n) is 11.7. The third-order valence-electron chi connectivity index (χ3n) is 8.49. The predicted molar refractivity (Wildman–Crippen MR) is 159 cm³/mol. The van der Waals surface area contributed by atoms with Crippen molar-refractivity contribution in [1.29, 1.82) is 0 Å². The summed E-state index contributed by atoms with van der Waals surface area (Å²) >= 11 is 0. The van der Waals surface area contributed by atoms with E-state index < -0.39 is 46.7 Å². The van der Waals surface area contributed by atoms with Crippen LogP contribution < -0.4 is 0 Å². The average molecular weight is 647 g/mol. The van der Waals surface area contributed by atoms with Crippen LogP contribution in [0.1, 0.15) is 62.0 Å². The van der Waals surface area contributed by atoms with Crippen LogP contribution in [0.2, 0.25) is 0 Å². The Kier molecular flexibility index (Phi) is 10.5. The molecule has 0 aromatic heterocycles. The van der Waals surface area contributed by atoms with Crippen molar-refractivity contribution in [3.8, 4) is 0 Å². The molecule has 0 radical (unpaired) electrons. The molecule has 0 N–H and O–H groups in total. The molecule has 2 heterocycles. The third-order valence-corrected chi connectivity index (χ3v) is 13.2.